The number of thioether (sulfide) groups is 1. The molecule has 5 nitrogen and oxygen atoms in total. The largest absolute Gasteiger partial charge is 0.658 e. The average molecular weight is 772 g/mol. The Bertz CT molecular complexity index is 903. The first-order valence-corrected chi connectivity index (χ1v) is 17.6. The summed E-state index contributed by atoms with van der Waals surface area (Å²) in [6.45, 7) is 12.2. The molecule has 4 aliphatic heterocycles. The van der Waals surface area contributed by atoms with Crippen molar-refractivity contribution < 1.29 is 39.2 Å². The Kier molecular flexibility index (Phi) is 12.6. The van der Waals surface area contributed by atoms with Crippen molar-refractivity contribution in [3.63, 3.8) is 0 Å². The zero-order chi connectivity index (χ0) is 31.5. The van der Waals surface area contributed by atoms with Crippen LogP contribution in [0.2, 0.25) is 0 Å². The van der Waals surface area contributed by atoms with Crippen molar-refractivity contribution in [2.24, 2.45) is 35.5 Å². The molecule has 0 aromatic rings. The van der Waals surface area contributed by atoms with Crippen molar-refractivity contribution in [3.05, 3.63) is 23.1 Å². The van der Waals surface area contributed by atoms with Crippen molar-refractivity contribution in [3.8, 4) is 0 Å². The van der Waals surface area contributed by atoms with Crippen molar-refractivity contribution >= 4 is 11.8 Å². The normalized spacial score (nSPS) is 39.0. The van der Waals surface area contributed by atoms with E-state index in [0.717, 1.165) is 86.0 Å². The molecule has 1 radical (unpaired) electrons. The van der Waals surface area contributed by atoms with E-state index in [0.29, 0.717) is 36.5 Å². The standard InChI is InChI=1S/C21H32N2OS.C13H28O2.Ir/c1-11-7-8-15-14-5-4-6-16(20(14)24-21(15)23-11)18-9-19-17(10-22-18)12(2)13(3)25-19;1-5-10(6-2)12(14)9-13(15)11(7-3)8-4;/h6,11-15,17-19,21,23H,4-5,7-10H2,1-3H3;10-15H,5-9H2,1-4H3;/q-2;;/t11-,12-,13+,14+,15?,17-,18-,19-,21+;12-,13+;/m1../s1/i1D3;;. The van der Waals surface area contributed by atoms with E-state index in [4.69, 9.17) is 14.2 Å². The predicted octanol–water partition coefficient (Wildman–Crippen LogP) is 7.47. The summed E-state index contributed by atoms with van der Waals surface area (Å²) in [6.07, 6.45) is 11.1. The Morgan fingerprint density at radius 3 is 2.29 bits per heavy atom. The minimum absolute atomic E-state index is 0. The van der Waals surface area contributed by atoms with Gasteiger partial charge in [-0.2, -0.15) is 17.3 Å². The second-order valence-electron chi connectivity index (χ2n) is 13.2. The summed E-state index contributed by atoms with van der Waals surface area (Å²) in [7, 11) is 0. The van der Waals surface area contributed by atoms with Crippen LogP contribution in [-0.4, -0.2) is 57.8 Å². The van der Waals surface area contributed by atoms with Crippen LogP contribution in [0.1, 0.15) is 117 Å². The van der Waals surface area contributed by atoms with Gasteiger partial charge in [0.25, 0.3) is 0 Å². The number of fused-ring (bicyclic) bond motifs is 4. The van der Waals surface area contributed by atoms with Gasteiger partial charge in [0.15, 0.2) is 0 Å². The summed E-state index contributed by atoms with van der Waals surface area (Å²) in [4.78, 5) is 0. The Balaban J connectivity index is 0.000000286. The molecule has 1 unspecified atom stereocenters. The van der Waals surface area contributed by atoms with Crippen LogP contribution >= 0.6 is 11.8 Å². The molecule has 0 bridgehead atoms. The number of allylic oxidation sites excluding steroid dienone is 1. The predicted molar refractivity (Wildman–Crippen MR) is 169 cm³/mol. The van der Waals surface area contributed by atoms with Crippen LogP contribution < -0.4 is 5.32 Å². The van der Waals surface area contributed by atoms with Crippen molar-refractivity contribution in [2.75, 3.05) is 6.54 Å². The van der Waals surface area contributed by atoms with Gasteiger partial charge in [0.05, 0.1) is 12.2 Å². The fraction of sp³-hybridized carbons (Fsp3) is 0.912. The molecule has 0 spiro atoms. The molecule has 11 atom stereocenters. The third-order valence-corrected chi connectivity index (χ3v) is 12.8. The summed E-state index contributed by atoms with van der Waals surface area (Å²) in [5.74, 6) is 4.16. The van der Waals surface area contributed by atoms with Gasteiger partial charge in [0.2, 0.25) is 0 Å². The number of rotatable bonds is 9. The number of piperidine rings is 2. The molecule has 41 heavy (non-hydrogen) atoms. The average Bonchev–Trinajstić information content (AvgIpc) is 3.49. The van der Waals surface area contributed by atoms with E-state index in [2.05, 4.69) is 65.0 Å². The third kappa shape index (κ3) is 8.30. The molecule has 5 aliphatic rings. The first-order valence-electron chi connectivity index (χ1n) is 18.1. The maximum absolute atomic E-state index is 9.96. The third-order valence-electron chi connectivity index (χ3n) is 11.1. The zero-order valence-corrected chi connectivity index (χ0v) is 29.6. The molecule has 0 aromatic heterocycles. The van der Waals surface area contributed by atoms with Crippen LogP contribution in [0.5, 0.6) is 0 Å². The number of hydrogen-bond donors (Lipinski definition) is 3. The van der Waals surface area contributed by atoms with Crippen molar-refractivity contribution in [1.82, 2.24) is 5.32 Å². The number of nitrogens with zero attached hydrogens (tertiary/aromatic N) is 1. The summed E-state index contributed by atoms with van der Waals surface area (Å²) in [6, 6.07) is -0.178. The molecular formula is C34H60IrN2O3S-2. The minimum atomic E-state index is -1.95. The topological polar surface area (TPSA) is 75.8 Å². The molecule has 241 valence electrons. The summed E-state index contributed by atoms with van der Waals surface area (Å²) in [5.41, 5.74) is 1.32. The quantitative estimate of drug-likeness (QED) is 0.212. The van der Waals surface area contributed by atoms with Gasteiger partial charge in [-0.3, -0.25) is 5.32 Å². The van der Waals surface area contributed by atoms with Crippen LogP contribution in [0.25, 0.3) is 5.32 Å². The first kappa shape index (κ1) is 31.2. The van der Waals surface area contributed by atoms with Crippen molar-refractivity contribution in [2.45, 2.75) is 154 Å². The number of nitrogens with one attached hydrogen (secondary N) is 1. The van der Waals surface area contributed by atoms with E-state index in [1.54, 1.807) is 0 Å². The van der Waals surface area contributed by atoms with Crippen LogP contribution in [0.4, 0.5) is 0 Å². The molecule has 5 rings (SSSR count). The molecule has 7 heteroatoms. The number of aliphatic hydroxyl groups is 2. The van der Waals surface area contributed by atoms with Gasteiger partial charge >= 0.3 is 0 Å². The zero-order valence-electron chi connectivity index (χ0n) is 29.4. The second kappa shape index (κ2) is 16.5. The molecule has 4 saturated heterocycles. The van der Waals surface area contributed by atoms with Gasteiger partial charge in [0, 0.05) is 46.7 Å². The Labute approximate surface area is 274 Å². The maximum atomic E-state index is 9.96. The summed E-state index contributed by atoms with van der Waals surface area (Å²) < 4.78 is 29.7. The Morgan fingerprint density at radius 2 is 1.68 bits per heavy atom. The van der Waals surface area contributed by atoms with Gasteiger partial charge in [-0.25, -0.2) is 6.42 Å². The fourth-order valence-electron chi connectivity index (χ4n) is 8.08. The number of hydrogen-bond acceptors (Lipinski definition) is 5. The SMILES string of the molecule is CCC(CC)[C@H](O)C[C@H](O)C(CC)CC.[2H]C([2H])([2H])[C@@H]1CCC2[C@@H]3CC[CH-]C([C@H]4C[C@H]5S[C@@H](C)[C@@H](C)[C@H]5C[N-]4)=C3O[C@@H]2N1.[Ir]. The molecule has 4 fully saturated rings. The Hall–Kier alpha value is 0.249. The maximum Gasteiger partial charge on any atom is 0.131 e. The molecule has 3 N–H and O–H groups in total. The van der Waals surface area contributed by atoms with Gasteiger partial charge in [-0.15, -0.1) is 19.0 Å². The van der Waals surface area contributed by atoms with Crippen molar-refractivity contribution in [1.29, 1.82) is 0 Å². The summed E-state index contributed by atoms with van der Waals surface area (Å²) >= 11 is 2.16. The van der Waals surface area contributed by atoms with E-state index in [9.17, 15) is 10.2 Å². The molecule has 0 saturated carbocycles. The second-order valence-corrected chi connectivity index (χ2v) is 14.9. The summed E-state index contributed by atoms with van der Waals surface area (Å²) in [5, 5.41) is 29.8. The molecule has 4 heterocycles. The van der Waals surface area contributed by atoms with E-state index in [-0.39, 0.29) is 44.6 Å². The fourth-order valence-corrected chi connectivity index (χ4v) is 9.91. The van der Waals surface area contributed by atoms with E-state index < -0.39 is 12.9 Å². The van der Waals surface area contributed by atoms with Gasteiger partial charge < -0.3 is 20.3 Å². The van der Waals surface area contributed by atoms with E-state index in [1.807, 2.05) is 0 Å². The van der Waals surface area contributed by atoms with Crippen LogP contribution in [-0.2, 0) is 24.8 Å². The van der Waals surface area contributed by atoms with E-state index in [1.165, 1.54) is 5.57 Å². The first-order chi connectivity index (χ1) is 20.4. The van der Waals surface area contributed by atoms with Gasteiger partial charge in [-0.1, -0.05) is 80.1 Å². The Morgan fingerprint density at radius 1 is 1.02 bits per heavy atom. The van der Waals surface area contributed by atoms with Crippen LogP contribution in [0.15, 0.2) is 11.3 Å². The van der Waals surface area contributed by atoms with Gasteiger partial charge in [-0.05, 0) is 61.5 Å². The number of ether oxygens (including phenoxy) is 1. The number of aliphatic hydroxyl groups excluding tert-OH is 2. The molecule has 1 aliphatic carbocycles. The monoisotopic (exact) mass is 772 g/mol. The molecule has 0 amide bonds. The van der Waals surface area contributed by atoms with Crippen LogP contribution in [0.3, 0.4) is 0 Å². The minimum Gasteiger partial charge on any atom is -0.658 e. The molecular weight excluding hydrogens is 709 g/mol. The van der Waals surface area contributed by atoms with E-state index >= 15 is 0 Å². The molecule has 0 aromatic carbocycles. The van der Waals surface area contributed by atoms with Crippen LogP contribution in [0, 0.1) is 41.9 Å². The smallest absolute Gasteiger partial charge is 0.131 e. The van der Waals surface area contributed by atoms with Gasteiger partial charge in [0.1, 0.15) is 6.23 Å².